The lowest BCUT2D eigenvalue weighted by Gasteiger charge is -2.05. The van der Waals surface area contributed by atoms with E-state index in [9.17, 15) is 0 Å². The summed E-state index contributed by atoms with van der Waals surface area (Å²) >= 11 is 0. The van der Waals surface area contributed by atoms with Gasteiger partial charge in [-0.2, -0.15) is 5.48 Å². The molecule has 0 aromatic heterocycles. The van der Waals surface area contributed by atoms with Crippen LogP contribution in [-0.4, -0.2) is 12.6 Å². The van der Waals surface area contributed by atoms with Crippen molar-refractivity contribution in [2.24, 2.45) is 0 Å². The van der Waals surface area contributed by atoms with Crippen LogP contribution in [0.3, 0.4) is 0 Å². The van der Waals surface area contributed by atoms with Crippen LogP contribution < -0.4 is 5.48 Å². The third-order valence-electron chi connectivity index (χ3n) is 0.652. The molecule has 0 unspecified atom stereocenters. The molecule has 56 valence electrons. The summed E-state index contributed by atoms with van der Waals surface area (Å²) in [6.45, 7) is 6.71. The quantitative estimate of drug-likeness (QED) is 0.348. The van der Waals surface area contributed by atoms with Crippen molar-refractivity contribution < 1.29 is 9.88 Å². The molecule has 0 aromatic carbocycles. The van der Waals surface area contributed by atoms with Gasteiger partial charge in [0.15, 0.2) is 0 Å². The molecule has 0 spiro atoms. The first kappa shape index (κ1) is 8.88. The number of hydrogen-bond donors (Lipinski definition) is 1. The van der Waals surface area contributed by atoms with Gasteiger partial charge in [-0.3, -0.25) is 0 Å². The van der Waals surface area contributed by atoms with Crippen LogP contribution in [0, 0.1) is 0 Å². The highest BCUT2D eigenvalue weighted by Crippen LogP contribution is 1.85. The van der Waals surface area contributed by atoms with Crippen LogP contribution in [0.15, 0.2) is 0 Å². The van der Waals surface area contributed by atoms with Crippen LogP contribution >= 0.6 is 0 Å². The van der Waals surface area contributed by atoms with Gasteiger partial charge in [0.05, 0.1) is 6.10 Å². The average molecular weight is 133 g/mol. The van der Waals surface area contributed by atoms with E-state index in [1.807, 2.05) is 13.8 Å². The highest BCUT2D eigenvalue weighted by atomic mass is 17.3. The Kier molecular flexibility index (Phi) is 5.93. The van der Waals surface area contributed by atoms with Crippen molar-refractivity contribution in [3.8, 4) is 0 Å². The Balaban J connectivity index is 2.75. The second-order valence-electron chi connectivity index (χ2n) is 2.12. The molecule has 0 aliphatic carbocycles. The molecule has 0 aliphatic heterocycles. The van der Waals surface area contributed by atoms with E-state index >= 15 is 0 Å². The van der Waals surface area contributed by atoms with Gasteiger partial charge in [0, 0.05) is 6.54 Å². The summed E-state index contributed by atoms with van der Waals surface area (Å²) < 4.78 is 0. The summed E-state index contributed by atoms with van der Waals surface area (Å²) in [4.78, 5) is 9.32. The lowest BCUT2D eigenvalue weighted by atomic mass is 10.5. The molecule has 0 rings (SSSR count). The Morgan fingerprint density at radius 3 is 2.56 bits per heavy atom. The second kappa shape index (κ2) is 6.01. The Morgan fingerprint density at radius 2 is 2.11 bits per heavy atom. The highest BCUT2D eigenvalue weighted by molar-refractivity contribution is 4.27. The molecule has 0 heterocycles. The maximum absolute atomic E-state index is 4.73. The summed E-state index contributed by atoms with van der Waals surface area (Å²) in [5.74, 6) is 0. The van der Waals surface area contributed by atoms with Crippen molar-refractivity contribution in [1.82, 2.24) is 5.48 Å². The second-order valence-corrected chi connectivity index (χ2v) is 2.12. The van der Waals surface area contributed by atoms with Gasteiger partial charge < -0.3 is 0 Å². The number of hydrogen-bond acceptors (Lipinski definition) is 3. The Morgan fingerprint density at radius 1 is 1.44 bits per heavy atom. The van der Waals surface area contributed by atoms with E-state index in [4.69, 9.17) is 4.89 Å². The summed E-state index contributed by atoms with van der Waals surface area (Å²) in [5, 5.41) is 0. The molecule has 3 heteroatoms. The number of rotatable bonds is 5. The average Bonchev–Trinajstić information content (AvgIpc) is 1.80. The summed E-state index contributed by atoms with van der Waals surface area (Å²) in [6, 6.07) is 0. The third-order valence-corrected chi connectivity index (χ3v) is 0.652. The van der Waals surface area contributed by atoms with Gasteiger partial charge >= 0.3 is 0 Å². The van der Waals surface area contributed by atoms with E-state index in [1.165, 1.54) is 0 Å². The largest absolute Gasteiger partial charge is 0.215 e. The number of nitrogens with one attached hydrogen (secondary N) is 1. The van der Waals surface area contributed by atoms with Crippen LogP contribution in [0.25, 0.3) is 0 Å². The van der Waals surface area contributed by atoms with Crippen molar-refractivity contribution in [2.45, 2.75) is 33.3 Å². The fraction of sp³-hybridized carbons (Fsp3) is 1.00. The van der Waals surface area contributed by atoms with E-state index in [0.29, 0.717) is 0 Å². The maximum Gasteiger partial charge on any atom is 0.0893 e. The predicted molar refractivity (Wildman–Crippen MR) is 35.6 cm³/mol. The topological polar surface area (TPSA) is 30.5 Å². The zero-order chi connectivity index (χ0) is 7.11. The van der Waals surface area contributed by atoms with Crippen LogP contribution in [0.4, 0.5) is 0 Å². The lowest BCUT2D eigenvalue weighted by Crippen LogP contribution is -2.18. The molecule has 1 N–H and O–H groups in total. The standard InChI is InChI=1S/C6H15NO2/c1-4-5-7-9-8-6(2)3/h6-7H,4-5H2,1-3H3. The molecule has 9 heavy (non-hydrogen) atoms. The van der Waals surface area contributed by atoms with E-state index in [0.717, 1.165) is 13.0 Å². The monoisotopic (exact) mass is 133 g/mol. The highest BCUT2D eigenvalue weighted by Gasteiger charge is 1.90. The zero-order valence-corrected chi connectivity index (χ0v) is 6.31. The molecule has 0 aromatic rings. The van der Waals surface area contributed by atoms with Crippen LogP contribution in [0.2, 0.25) is 0 Å². The molecular weight excluding hydrogens is 118 g/mol. The first-order valence-corrected chi connectivity index (χ1v) is 3.32. The molecule has 0 bridgehead atoms. The minimum Gasteiger partial charge on any atom is -0.215 e. The van der Waals surface area contributed by atoms with E-state index in [-0.39, 0.29) is 6.10 Å². The van der Waals surface area contributed by atoms with Gasteiger partial charge in [-0.05, 0) is 20.3 Å². The summed E-state index contributed by atoms with van der Waals surface area (Å²) in [7, 11) is 0. The SMILES string of the molecule is CCCNOOC(C)C. The smallest absolute Gasteiger partial charge is 0.0893 e. The first-order chi connectivity index (χ1) is 4.27. The van der Waals surface area contributed by atoms with E-state index < -0.39 is 0 Å². The zero-order valence-electron chi connectivity index (χ0n) is 6.31. The van der Waals surface area contributed by atoms with Gasteiger partial charge in [0.2, 0.25) is 0 Å². The van der Waals surface area contributed by atoms with Crippen molar-refractivity contribution in [3.05, 3.63) is 0 Å². The van der Waals surface area contributed by atoms with Crippen LogP contribution in [0.5, 0.6) is 0 Å². The normalized spacial score (nSPS) is 10.7. The maximum atomic E-state index is 4.73. The number of hydroxylamine groups is 1. The predicted octanol–water partition coefficient (Wildman–Crippen LogP) is 1.26. The summed E-state index contributed by atoms with van der Waals surface area (Å²) in [6.07, 6.45) is 1.16. The fourth-order valence-electron chi connectivity index (χ4n) is 0.274. The van der Waals surface area contributed by atoms with E-state index in [2.05, 4.69) is 17.4 Å². The van der Waals surface area contributed by atoms with Gasteiger partial charge in [0.25, 0.3) is 0 Å². The minimum atomic E-state index is 0.120. The molecule has 0 saturated heterocycles. The van der Waals surface area contributed by atoms with Crippen LogP contribution in [0.1, 0.15) is 27.2 Å². The first-order valence-electron chi connectivity index (χ1n) is 3.32. The van der Waals surface area contributed by atoms with Crippen molar-refractivity contribution in [1.29, 1.82) is 0 Å². The minimum absolute atomic E-state index is 0.120. The molecule has 0 amide bonds. The molecular formula is C6H15NO2. The Bertz CT molecular complexity index is 57.0. The van der Waals surface area contributed by atoms with Gasteiger partial charge in [-0.25, -0.2) is 4.89 Å². The molecule has 0 radical (unpaired) electrons. The van der Waals surface area contributed by atoms with Crippen molar-refractivity contribution in [3.63, 3.8) is 0 Å². The van der Waals surface area contributed by atoms with Crippen LogP contribution in [-0.2, 0) is 9.88 Å². The Hall–Kier alpha value is -0.120. The molecule has 0 aliphatic rings. The molecule has 0 fully saturated rings. The summed E-state index contributed by atoms with van der Waals surface area (Å²) in [5.41, 5.74) is 2.64. The van der Waals surface area contributed by atoms with Gasteiger partial charge in [0.1, 0.15) is 0 Å². The third kappa shape index (κ3) is 7.88. The van der Waals surface area contributed by atoms with Gasteiger partial charge in [-0.15, -0.1) is 4.99 Å². The molecule has 0 saturated carbocycles. The van der Waals surface area contributed by atoms with E-state index in [1.54, 1.807) is 0 Å². The molecule has 3 nitrogen and oxygen atoms in total. The molecule has 0 atom stereocenters. The Labute approximate surface area is 56.2 Å². The van der Waals surface area contributed by atoms with Crippen molar-refractivity contribution in [2.75, 3.05) is 6.54 Å². The van der Waals surface area contributed by atoms with Crippen molar-refractivity contribution >= 4 is 0 Å². The van der Waals surface area contributed by atoms with Gasteiger partial charge in [-0.1, -0.05) is 6.92 Å². The fourth-order valence-corrected chi connectivity index (χ4v) is 0.274. The lowest BCUT2D eigenvalue weighted by molar-refractivity contribution is -0.355.